The highest BCUT2D eigenvalue weighted by molar-refractivity contribution is 9.10. The molecule has 6 heteroatoms. The number of benzene rings is 1. The van der Waals surface area contributed by atoms with Crippen molar-refractivity contribution in [2.45, 2.75) is 0 Å². The molecule has 0 amide bonds. The summed E-state index contributed by atoms with van der Waals surface area (Å²) in [7, 11) is 0. The molecule has 0 spiro atoms. The van der Waals surface area contributed by atoms with Crippen LogP contribution in [0.3, 0.4) is 0 Å². The van der Waals surface area contributed by atoms with Gasteiger partial charge in [-0.1, -0.05) is 12.1 Å². The van der Waals surface area contributed by atoms with Gasteiger partial charge in [-0.25, -0.2) is 4.79 Å². The topological polar surface area (TPSA) is 81.8 Å². The number of hydrogen-bond acceptors (Lipinski definition) is 2. The van der Waals surface area contributed by atoms with Crippen LogP contribution in [0.4, 0.5) is 0 Å². The first kappa shape index (κ1) is 11.0. The Kier molecular flexibility index (Phi) is 2.45. The quantitative estimate of drug-likeness (QED) is 0.680. The van der Waals surface area contributed by atoms with E-state index in [0.717, 1.165) is 21.1 Å². The number of carboxylic acids is 1. The molecule has 0 fully saturated rings. The maximum Gasteiger partial charge on any atom is 0.353 e. The highest BCUT2D eigenvalue weighted by Gasteiger charge is 2.11. The Morgan fingerprint density at radius 2 is 2.17 bits per heavy atom. The molecule has 0 aliphatic rings. The fourth-order valence-corrected chi connectivity index (χ4v) is 2.31. The van der Waals surface area contributed by atoms with E-state index in [0.29, 0.717) is 5.69 Å². The molecular weight excluding hydrogens is 298 g/mol. The highest BCUT2D eigenvalue weighted by Crippen LogP contribution is 2.28. The Labute approximate surface area is 110 Å². The van der Waals surface area contributed by atoms with Crippen LogP contribution in [0.2, 0.25) is 0 Å². The van der Waals surface area contributed by atoms with E-state index in [4.69, 9.17) is 5.11 Å². The van der Waals surface area contributed by atoms with Gasteiger partial charge in [0.05, 0.1) is 11.2 Å². The highest BCUT2D eigenvalue weighted by atomic mass is 79.9. The molecule has 0 saturated carbocycles. The maximum absolute atomic E-state index is 10.8. The van der Waals surface area contributed by atoms with E-state index >= 15 is 0 Å². The van der Waals surface area contributed by atoms with Gasteiger partial charge in [0.15, 0.2) is 0 Å². The van der Waals surface area contributed by atoms with E-state index in [9.17, 15) is 4.79 Å². The zero-order chi connectivity index (χ0) is 12.7. The summed E-state index contributed by atoms with van der Waals surface area (Å²) in [6.45, 7) is 0. The van der Waals surface area contributed by atoms with Crippen LogP contribution in [0, 0.1) is 0 Å². The van der Waals surface area contributed by atoms with Gasteiger partial charge < -0.3 is 10.1 Å². The number of nitrogens with zero attached hydrogens (tertiary/aromatic N) is 1. The van der Waals surface area contributed by atoms with E-state index in [-0.39, 0.29) is 5.69 Å². The van der Waals surface area contributed by atoms with E-state index in [1.807, 2.05) is 24.3 Å². The fraction of sp³-hybridized carbons (Fsp3) is 0. The Morgan fingerprint density at radius 3 is 2.83 bits per heavy atom. The summed E-state index contributed by atoms with van der Waals surface area (Å²) in [5.74, 6) is -1.02. The molecule has 90 valence electrons. The molecule has 2 heterocycles. The van der Waals surface area contributed by atoms with Gasteiger partial charge in [0.2, 0.25) is 0 Å². The van der Waals surface area contributed by atoms with Crippen LogP contribution in [-0.4, -0.2) is 26.3 Å². The maximum atomic E-state index is 10.8. The third kappa shape index (κ3) is 1.70. The number of aromatic nitrogens is 3. The SMILES string of the molecule is O=C(O)c1cc(-c2cc3cccc(Br)c3[nH]2)n[nH]1. The molecule has 3 N–H and O–H groups in total. The van der Waals surface area contributed by atoms with Crippen molar-refractivity contribution in [1.82, 2.24) is 15.2 Å². The first-order valence-corrected chi connectivity index (χ1v) is 6.01. The van der Waals surface area contributed by atoms with Crippen molar-refractivity contribution < 1.29 is 9.90 Å². The van der Waals surface area contributed by atoms with Gasteiger partial charge in [-0.15, -0.1) is 0 Å². The summed E-state index contributed by atoms with van der Waals surface area (Å²) < 4.78 is 0.959. The van der Waals surface area contributed by atoms with Crippen LogP contribution in [0.15, 0.2) is 34.8 Å². The number of para-hydroxylation sites is 1. The van der Waals surface area contributed by atoms with Crippen molar-refractivity contribution in [1.29, 1.82) is 0 Å². The summed E-state index contributed by atoms with van der Waals surface area (Å²) in [4.78, 5) is 14.0. The Morgan fingerprint density at radius 1 is 1.33 bits per heavy atom. The van der Waals surface area contributed by atoms with Crippen LogP contribution >= 0.6 is 15.9 Å². The second-order valence-corrected chi connectivity index (χ2v) is 4.71. The normalized spacial score (nSPS) is 10.9. The molecule has 0 radical (unpaired) electrons. The monoisotopic (exact) mass is 305 g/mol. The van der Waals surface area contributed by atoms with Gasteiger partial charge in [0.1, 0.15) is 11.4 Å². The minimum atomic E-state index is -1.02. The predicted molar refractivity (Wildman–Crippen MR) is 70.5 cm³/mol. The molecule has 0 aliphatic heterocycles. The van der Waals surface area contributed by atoms with Crippen molar-refractivity contribution in [2.75, 3.05) is 0 Å². The van der Waals surface area contributed by atoms with Gasteiger partial charge in [0.25, 0.3) is 0 Å². The minimum absolute atomic E-state index is 0.0720. The molecule has 3 rings (SSSR count). The van der Waals surface area contributed by atoms with Crippen molar-refractivity contribution >= 4 is 32.8 Å². The fourth-order valence-electron chi connectivity index (χ4n) is 1.83. The predicted octanol–water partition coefficient (Wildman–Crippen LogP) is 3.02. The number of rotatable bonds is 2. The number of H-pyrrole nitrogens is 2. The lowest BCUT2D eigenvalue weighted by atomic mass is 10.2. The number of halogens is 1. The minimum Gasteiger partial charge on any atom is -0.477 e. The number of carboxylic acid groups (broad SMARTS) is 1. The largest absolute Gasteiger partial charge is 0.477 e. The third-order valence-corrected chi connectivity index (χ3v) is 3.35. The molecule has 3 aromatic rings. The van der Waals surface area contributed by atoms with Crippen LogP contribution in [0.25, 0.3) is 22.3 Å². The lowest BCUT2D eigenvalue weighted by Crippen LogP contribution is -1.95. The van der Waals surface area contributed by atoms with Crippen molar-refractivity contribution in [3.63, 3.8) is 0 Å². The lowest BCUT2D eigenvalue weighted by molar-refractivity contribution is 0.0690. The van der Waals surface area contributed by atoms with Gasteiger partial charge in [0, 0.05) is 15.9 Å². The molecule has 18 heavy (non-hydrogen) atoms. The van der Waals surface area contributed by atoms with E-state index in [1.54, 1.807) is 0 Å². The van der Waals surface area contributed by atoms with Gasteiger partial charge in [-0.3, -0.25) is 5.10 Å². The average molecular weight is 306 g/mol. The number of hydrogen-bond donors (Lipinski definition) is 3. The first-order chi connectivity index (χ1) is 8.65. The van der Waals surface area contributed by atoms with Crippen LogP contribution < -0.4 is 0 Å². The van der Waals surface area contributed by atoms with E-state index in [1.165, 1.54) is 6.07 Å². The molecule has 0 saturated heterocycles. The summed E-state index contributed by atoms with van der Waals surface area (Å²) in [5, 5.41) is 16.3. The molecule has 2 aromatic heterocycles. The Hall–Kier alpha value is -2.08. The zero-order valence-corrected chi connectivity index (χ0v) is 10.7. The first-order valence-electron chi connectivity index (χ1n) is 5.21. The number of aromatic amines is 2. The van der Waals surface area contributed by atoms with Gasteiger partial charge >= 0.3 is 5.97 Å². The molecule has 0 aliphatic carbocycles. The number of carbonyl (C=O) groups is 1. The second-order valence-electron chi connectivity index (χ2n) is 3.86. The molecule has 0 atom stereocenters. The molecule has 1 aromatic carbocycles. The second kappa shape index (κ2) is 3.99. The number of aromatic carboxylic acids is 1. The number of fused-ring (bicyclic) bond motifs is 1. The number of nitrogens with one attached hydrogen (secondary N) is 2. The van der Waals surface area contributed by atoms with E-state index in [2.05, 4.69) is 31.1 Å². The van der Waals surface area contributed by atoms with Gasteiger partial charge in [-0.2, -0.15) is 5.10 Å². The third-order valence-electron chi connectivity index (χ3n) is 2.69. The summed E-state index contributed by atoms with van der Waals surface area (Å²) in [6, 6.07) is 9.29. The summed E-state index contributed by atoms with van der Waals surface area (Å²) in [5.41, 5.74) is 2.39. The molecular formula is C12H8BrN3O2. The molecule has 0 unspecified atom stereocenters. The lowest BCUT2D eigenvalue weighted by Gasteiger charge is -1.91. The average Bonchev–Trinajstić information content (AvgIpc) is 2.95. The smallest absolute Gasteiger partial charge is 0.353 e. The molecule has 5 nitrogen and oxygen atoms in total. The van der Waals surface area contributed by atoms with Crippen molar-refractivity contribution in [3.05, 3.63) is 40.5 Å². The Balaban J connectivity index is 2.13. The zero-order valence-electron chi connectivity index (χ0n) is 9.07. The van der Waals surface area contributed by atoms with Crippen molar-refractivity contribution in [2.24, 2.45) is 0 Å². The van der Waals surface area contributed by atoms with E-state index < -0.39 is 5.97 Å². The Bertz CT molecular complexity index is 745. The molecule has 0 bridgehead atoms. The van der Waals surface area contributed by atoms with Gasteiger partial charge in [-0.05, 0) is 28.1 Å². The van der Waals surface area contributed by atoms with Crippen LogP contribution in [0.5, 0.6) is 0 Å². The summed E-state index contributed by atoms with van der Waals surface area (Å²) >= 11 is 3.46. The van der Waals surface area contributed by atoms with Crippen molar-refractivity contribution in [3.8, 4) is 11.4 Å². The van der Waals surface area contributed by atoms with Crippen LogP contribution in [-0.2, 0) is 0 Å². The van der Waals surface area contributed by atoms with Crippen LogP contribution in [0.1, 0.15) is 10.5 Å². The summed E-state index contributed by atoms with van der Waals surface area (Å²) in [6.07, 6.45) is 0. The standard InChI is InChI=1S/C12H8BrN3O2/c13-7-3-1-2-6-4-8(14-11(6)7)9-5-10(12(17)18)16-15-9/h1-5,14H,(H,15,16)(H,17,18).